The van der Waals surface area contributed by atoms with Crippen molar-refractivity contribution in [2.45, 2.75) is 19.0 Å². The van der Waals surface area contributed by atoms with Gasteiger partial charge in [0.25, 0.3) is 0 Å². The number of nitrogens with two attached hydrogens (primary N) is 2. The van der Waals surface area contributed by atoms with Gasteiger partial charge in [0.15, 0.2) is 0 Å². The van der Waals surface area contributed by atoms with E-state index in [0.717, 1.165) is 0 Å². The molecule has 0 unspecified atom stereocenters. The molecule has 0 radical (unpaired) electrons. The van der Waals surface area contributed by atoms with E-state index in [4.69, 9.17) is 16.3 Å². The Labute approximate surface area is 95.1 Å². The average Bonchev–Trinajstić information content (AvgIpc) is 2.22. The Morgan fingerprint density at radius 3 is 2.65 bits per heavy atom. The van der Waals surface area contributed by atoms with Crippen LogP contribution in [0.2, 0.25) is 0 Å². The minimum atomic E-state index is -4.18. The first-order chi connectivity index (χ1) is 7.90. The molecule has 0 amide bonds. The summed E-state index contributed by atoms with van der Waals surface area (Å²) in [7, 11) is 0. The number of nitrogens with one attached hydrogen (secondary N) is 1. The fourth-order valence-corrected chi connectivity index (χ4v) is 1.04. The van der Waals surface area contributed by atoms with Crippen LogP contribution in [0.15, 0.2) is 6.07 Å². The van der Waals surface area contributed by atoms with E-state index in [1.807, 2.05) is 0 Å². The molecule has 0 spiro atoms. The molecule has 0 aliphatic heterocycles. The molecule has 0 aromatic carbocycles. The number of rotatable bonds is 5. The molecule has 0 fully saturated rings. The Balaban J connectivity index is 2.44. The van der Waals surface area contributed by atoms with Crippen molar-refractivity contribution in [3.63, 3.8) is 0 Å². The van der Waals surface area contributed by atoms with Crippen molar-refractivity contribution in [1.29, 1.82) is 0 Å². The Morgan fingerprint density at radius 2 is 2.06 bits per heavy atom. The van der Waals surface area contributed by atoms with Crippen molar-refractivity contribution in [2.75, 3.05) is 17.8 Å². The molecule has 9 heteroatoms. The Bertz CT molecular complexity index is 371. The number of aromatic nitrogens is 2. The third-order valence-corrected chi connectivity index (χ3v) is 1.72. The molecule has 6 nitrogen and oxygen atoms in total. The average molecular weight is 251 g/mol. The zero-order chi connectivity index (χ0) is 12.9. The Morgan fingerprint density at radius 1 is 1.35 bits per heavy atom. The van der Waals surface area contributed by atoms with Gasteiger partial charge in [0.2, 0.25) is 11.8 Å². The van der Waals surface area contributed by atoms with Gasteiger partial charge in [-0.25, -0.2) is 5.84 Å². The third-order valence-electron chi connectivity index (χ3n) is 1.72. The van der Waals surface area contributed by atoms with Crippen LogP contribution in [0, 0.1) is 0 Å². The summed E-state index contributed by atoms with van der Waals surface area (Å²) in [6.45, 7) is -0.111. The molecule has 1 aromatic heterocycles. The van der Waals surface area contributed by atoms with Gasteiger partial charge in [-0.15, -0.1) is 0 Å². The maximum atomic E-state index is 11.8. The van der Waals surface area contributed by atoms with E-state index in [1.54, 1.807) is 0 Å². The van der Waals surface area contributed by atoms with Gasteiger partial charge in [-0.2, -0.15) is 23.1 Å². The molecule has 0 aliphatic carbocycles. The second kappa shape index (κ2) is 5.53. The molecule has 1 rings (SSSR count). The molecular formula is C8H12F3N5O. The highest BCUT2D eigenvalue weighted by molar-refractivity contribution is 5.41. The first-order valence-corrected chi connectivity index (χ1v) is 4.71. The lowest BCUT2D eigenvalue weighted by molar-refractivity contribution is -0.136. The van der Waals surface area contributed by atoms with Gasteiger partial charge in [-0.3, -0.25) is 0 Å². The summed E-state index contributed by atoms with van der Waals surface area (Å²) < 4.78 is 40.5. The molecule has 1 aromatic rings. The predicted molar refractivity (Wildman–Crippen MR) is 55.0 cm³/mol. The van der Waals surface area contributed by atoms with Gasteiger partial charge in [0.05, 0.1) is 6.61 Å². The number of alkyl halides is 3. The second-order valence-corrected chi connectivity index (χ2v) is 3.16. The second-order valence-electron chi connectivity index (χ2n) is 3.16. The molecule has 0 bridgehead atoms. The van der Waals surface area contributed by atoms with Gasteiger partial charge in [0, 0.05) is 12.5 Å². The lowest BCUT2D eigenvalue weighted by atomic mass is 10.3. The summed E-state index contributed by atoms with van der Waals surface area (Å²) in [4.78, 5) is 7.37. The fourth-order valence-electron chi connectivity index (χ4n) is 1.04. The van der Waals surface area contributed by atoms with Crippen LogP contribution in [0.4, 0.5) is 24.9 Å². The summed E-state index contributed by atoms with van der Waals surface area (Å²) in [5.74, 6) is 5.32. The van der Waals surface area contributed by atoms with Gasteiger partial charge in [-0.1, -0.05) is 0 Å². The predicted octanol–water partition coefficient (Wildman–Crippen LogP) is 1.07. The summed E-state index contributed by atoms with van der Waals surface area (Å²) in [6, 6.07) is 1.34. The van der Waals surface area contributed by atoms with Crippen LogP contribution in [-0.2, 0) is 0 Å². The normalized spacial score (nSPS) is 11.3. The highest BCUT2D eigenvalue weighted by Crippen LogP contribution is 2.21. The minimum absolute atomic E-state index is 0.0765. The number of nitrogen functional groups attached to an aromatic ring is 2. The van der Waals surface area contributed by atoms with Crippen molar-refractivity contribution in [3.05, 3.63) is 6.07 Å². The fraction of sp³-hybridized carbons (Fsp3) is 0.500. The number of hydrogen-bond donors (Lipinski definition) is 3. The molecule has 17 heavy (non-hydrogen) atoms. The van der Waals surface area contributed by atoms with E-state index in [1.165, 1.54) is 6.07 Å². The lowest BCUT2D eigenvalue weighted by Gasteiger charge is -2.08. The first kappa shape index (κ1) is 13.3. The Hall–Kier alpha value is -1.77. The molecule has 96 valence electrons. The van der Waals surface area contributed by atoms with Crippen LogP contribution in [-0.4, -0.2) is 22.8 Å². The number of hydrazine groups is 1. The van der Waals surface area contributed by atoms with E-state index in [-0.39, 0.29) is 30.7 Å². The van der Waals surface area contributed by atoms with Gasteiger partial charge < -0.3 is 15.9 Å². The quantitative estimate of drug-likeness (QED) is 0.411. The topological polar surface area (TPSA) is 99.1 Å². The smallest absolute Gasteiger partial charge is 0.389 e. The molecular weight excluding hydrogens is 239 g/mol. The van der Waals surface area contributed by atoms with Crippen molar-refractivity contribution >= 4 is 11.8 Å². The van der Waals surface area contributed by atoms with E-state index >= 15 is 0 Å². The molecule has 0 atom stereocenters. The standard InChI is InChI=1S/C8H12F3N5O/c9-8(10,11)2-1-3-17-6-4-5(16-13)14-7(12)15-6/h4H,1-3,13H2,(H3,12,14,15,16). The number of halogens is 3. The Kier molecular flexibility index (Phi) is 4.32. The van der Waals surface area contributed by atoms with Crippen LogP contribution in [0.25, 0.3) is 0 Å². The number of hydrogen-bond acceptors (Lipinski definition) is 6. The molecule has 0 saturated carbocycles. The van der Waals surface area contributed by atoms with E-state index in [2.05, 4.69) is 15.4 Å². The summed E-state index contributed by atoms with van der Waals surface area (Å²) in [5, 5.41) is 0. The van der Waals surface area contributed by atoms with E-state index in [9.17, 15) is 13.2 Å². The zero-order valence-corrected chi connectivity index (χ0v) is 8.79. The van der Waals surface area contributed by atoms with Crippen LogP contribution in [0.3, 0.4) is 0 Å². The summed E-state index contributed by atoms with van der Waals surface area (Å²) >= 11 is 0. The van der Waals surface area contributed by atoms with Crippen LogP contribution in [0.5, 0.6) is 5.88 Å². The maximum Gasteiger partial charge on any atom is 0.389 e. The number of ether oxygens (including phenoxy) is 1. The summed E-state index contributed by atoms with van der Waals surface area (Å²) in [6.07, 6.45) is -5.24. The largest absolute Gasteiger partial charge is 0.477 e. The van der Waals surface area contributed by atoms with Crippen molar-refractivity contribution in [1.82, 2.24) is 9.97 Å². The number of nitrogens with zero attached hydrogens (tertiary/aromatic N) is 2. The van der Waals surface area contributed by atoms with E-state index in [0.29, 0.717) is 0 Å². The van der Waals surface area contributed by atoms with Crippen molar-refractivity contribution < 1.29 is 17.9 Å². The summed E-state index contributed by atoms with van der Waals surface area (Å²) in [5.41, 5.74) is 7.56. The molecule has 0 saturated heterocycles. The lowest BCUT2D eigenvalue weighted by Crippen LogP contribution is -2.12. The molecule has 5 N–H and O–H groups in total. The van der Waals surface area contributed by atoms with Gasteiger partial charge in [0.1, 0.15) is 5.82 Å². The van der Waals surface area contributed by atoms with Crippen LogP contribution < -0.4 is 21.7 Å². The molecule has 1 heterocycles. The maximum absolute atomic E-state index is 11.8. The van der Waals surface area contributed by atoms with Gasteiger partial charge in [-0.05, 0) is 6.42 Å². The van der Waals surface area contributed by atoms with Crippen LogP contribution >= 0.6 is 0 Å². The molecule has 0 aliphatic rings. The zero-order valence-electron chi connectivity index (χ0n) is 8.79. The monoisotopic (exact) mass is 251 g/mol. The van der Waals surface area contributed by atoms with E-state index < -0.39 is 12.6 Å². The van der Waals surface area contributed by atoms with Crippen molar-refractivity contribution in [2.24, 2.45) is 5.84 Å². The van der Waals surface area contributed by atoms with Crippen LogP contribution in [0.1, 0.15) is 12.8 Å². The first-order valence-electron chi connectivity index (χ1n) is 4.71. The number of anilines is 2. The van der Waals surface area contributed by atoms with Gasteiger partial charge >= 0.3 is 6.18 Å². The SMILES string of the molecule is NNc1cc(OCCCC(F)(F)F)nc(N)n1. The highest BCUT2D eigenvalue weighted by Gasteiger charge is 2.26. The minimum Gasteiger partial charge on any atom is -0.477 e. The third kappa shape index (κ3) is 5.20. The van der Waals surface area contributed by atoms with Crippen molar-refractivity contribution in [3.8, 4) is 5.88 Å². The highest BCUT2D eigenvalue weighted by atomic mass is 19.4.